The summed E-state index contributed by atoms with van der Waals surface area (Å²) in [6.45, 7) is 4.87. The van der Waals surface area contributed by atoms with Gasteiger partial charge in [0.15, 0.2) is 0 Å². The average molecular weight is 348 g/mol. The molecule has 1 N–H and O–H groups in total. The number of rotatable bonds is 5. The molecule has 4 nitrogen and oxygen atoms in total. The summed E-state index contributed by atoms with van der Waals surface area (Å²) >= 11 is 3.59. The Hall–Kier alpha value is -1.64. The number of aromatic nitrogens is 2. The highest BCUT2D eigenvalue weighted by atomic mass is 79.9. The van der Waals surface area contributed by atoms with Crippen LogP contribution in [-0.2, 0) is 19.4 Å². The summed E-state index contributed by atoms with van der Waals surface area (Å²) < 4.78 is 2.91. The molecular formula is C16H18BrN3O. The third kappa shape index (κ3) is 3.34. The van der Waals surface area contributed by atoms with Crippen LogP contribution in [-0.4, -0.2) is 14.9 Å². The molecule has 0 bridgehead atoms. The maximum absolute atomic E-state index is 10.4. The van der Waals surface area contributed by atoms with E-state index >= 15 is 0 Å². The number of aliphatic hydroxyl groups excluding tert-OH is 1. The van der Waals surface area contributed by atoms with Crippen LogP contribution in [0.3, 0.4) is 0 Å². The summed E-state index contributed by atoms with van der Waals surface area (Å²) in [6.07, 6.45) is 0.738. The van der Waals surface area contributed by atoms with Crippen molar-refractivity contribution in [1.82, 2.24) is 9.78 Å². The molecule has 0 saturated heterocycles. The molecule has 0 saturated carbocycles. The monoisotopic (exact) mass is 347 g/mol. The lowest BCUT2D eigenvalue weighted by molar-refractivity contribution is 0.175. The zero-order valence-electron chi connectivity index (χ0n) is 12.2. The van der Waals surface area contributed by atoms with Gasteiger partial charge in [-0.15, -0.1) is 0 Å². The molecule has 0 aliphatic heterocycles. The van der Waals surface area contributed by atoms with Gasteiger partial charge < -0.3 is 5.11 Å². The van der Waals surface area contributed by atoms with Crippen LogP contribution in [0, 0.1) is 11.3 Å². The van der Waals surface area contributed by atoms with Gasteiger partial charge in [-0.05, 0) is 47.0 Å². The Morgan fingerprint density at radius 2 is 2.00 bits per heavy atom. The van der Waals surface area contributed by atoms with Gasteiger partial charge in [-0.3, -0.25) is 4.68 Å². The normalized spacial score (nSPS) is 12.1. The molecule has 110 valence electrons. The van der Waals surface area contributed by atoms with E-state index in [4.69, 9.17) is 5.26 Å². The van der Waals surface area contributed by atoms with E-state index < -0.39 is 6.10 Å². The molecular weight excluding hydrogens is 330 g/mol. The molecule has 0 fully saturated rings. The zero-order valence-corrected chi connectivity index (χ0v) is 13.8. The predicted octanol–water partition coefficient (Wildman–Crippen LogP) is 3.38. The maximum Gasteiger partial charge on any atom is 0.0991 e. The largest absolute Gasteiger partial charge is 0.388 e. The lowest BCUT2D eigenvalue weighted by Crippen LogP contribution is -2.09. The molecule has 0 aliphatic rings. The first kappa shape index (κ1) is 15.7. The quantitative estimate of drug-likeness (QED) is 0.901. The van der Waals surface area contributed by atoms with Crippen molar-refractivity contribution < 1.29 is 5.11 Å². The van der Waals surface area contributed by atoms with Crippen molar-refractivity contribution in [3.05, 3.63) is 51.3 Å². The van der Waals surface area contributed by atoms with Crippen molar-refractivity contribution in [1.29, 1.82) is 5.26 Å². The van der Waals surface area contributed by atoms with Gasteiger partial charge >= 0.3 is 0 Å². The van der Waals surface area contributed by atoms with E-state index in [1.807, 2.05) is 11.6 Å². The predicted molar refractivity (Wildman–Crippen MR) is 84.8 cm³/mol. The highest BCUT2D eigenvalue weighted by molar-refractivity contribution is 9.10. The Morgan fingerprint density at radius 3 is 2.52 bits per heavy atom. The lowest BCUT2D eigenvalue weighted by atomic mass is 10.0. The van der Waals surface area contributed by atoms with Crippen molar-refractivity contribution >= 4 is 15.9 Å². The van der Waals surface area contributed by atoms with E-state index in [2.05, 4.69) is 34.0 Å². The molecule has 1 unspecified atom stereocenters. The zero-order chi connectivity index (χ0) is 15.4. The van der Waals surface area contributed by atoms with Gasteiger partial charge in [0.1, 0.15) is 0 Å². The van der Waals surface area contributed by atoms with Gasteiger partial charge in [0, 0.05) is 13.0 Å². The number of nitrogens with zero attached hydrogens (tertiary/aromatic N) is 3. The second kappa shape index (κ2) is 6.88. The van der Waals surface area contributed by atoms with Crippen LogP contribution in [0.5, 0.6) is 0 Å². The number of halogens is 1. The summed E-state index contributed by atoms with van der Waals surface area (Å²) in [4.78, 5) is 0. The first-order chi connectivity index (χ1) is 10.1. The SMILES string of the molecule is CCc1nn(CC)c(CC(O)c2ccc(C#N)cc2)c1Br. The van der Waals surface area contributed by atoms with Gasteiger partial charge in [-0.1, -0.05) is 19.1 Å². The standard InChI is InChI=1S/C16H18BrN3O/c1-3-13-16(17)14(20(4-2)19-13)9-15(21)12-7-5-11(10-18)6-8-12/h5-8,15,21H,3-4,9H2,1-2H3. The average Bonchev–Trinajstić information content (AvgIpc) is 2.83. The van der Waals surface area contributed by atoms with Crippen molar-refractivity contribution in [2.24, 2.45) is 0 Å². The van der Waals surface area contributed by atoms with Crippen molar-refractivity contribution in [2.45, 2.75) is 39.3 Å². The molecule has 5 heteroatoms. The maximum atomic E-state index is 10.4. The third-order valence-corrected chi connectivity index (χ3v) is 4.42. The molecule has 2 aromatic rings. The first-order valence-corrected chi connectivity index (χ1v) is 7.82. The van der Waals surface area contributed by atoms with Gasteiger partial charge in [-0.2, -0.15) is 10.4 Å². The molecule has 0 amide bonds. The summed E-state index contributed by atoms with van der Waals surface area (Å²) in [7, 11) is 0. The van der Waals surface area contributed by atoms with E-state index in [0.717, 1.165) is 34.4 Å². The molecule has 0 aliphatic carbocycles. The Bertz CT molecular complexity index is 655. The van der Waals surface area contributed by atoms with Crippen LogP contribution in [0.15, 0.2) is 28.7 Å². The Balaban J connectivity index is 2.24. The summed E-state index contributed by atoms with van der Waals surface area (Å²) in [5, 5.41) is 23.8. The Kier molecular flexibility index (Phi) is 5.16. The fourth-order valence-corrected chi connectivity index (χ4v) is 3.02. The molecule has 1 aromatic heterocycles. The molecule has 1 atom stereocenters. The fraction of sp³-hybridized carbons (Fsp3) is 0.375. The molecule has 2 rings (SSSR count). The number of hydrogen-bond acceptors (Lipinski definition) is 3. The minimum atomic E-state index is -0.610. The molecule has 21 heavy (non-hydrogen) atoms. The summed E-state index contributed by atoms with van der Waals surface area (Å²) in [6, 6.07) is 9.12. The van der Waals surface area contributed by atoms with E-state index in [0.29, 0.717) is 12.0 Å². The van der Waals surface area contributed by atoms with Gasteiger partial charge in [0.2, 0.25) is 0 Å². The number of hydrogen-bond donors (Lipinski definition) is 1. The number of aliphatic hydroxyl groups is 1. The van der Waals surface area contributed by atoms with E-state index in [1.165, 1.54) is 0 Å². The highest BCUT2D eigenvalue weighted by Crippen LogP contribution is 2.27. The second-order valence-corrected chi connectivity index (χ2v) is 5.62. The molecule has 1 heterocycles. The van der Waals surface area contributed by atoms with E-state index in [-0.39, 0.29) is 0 Å². The minimum absolute atomic E-state index is 0.493. The van der Waals surface area contributed by atoms with Crippen LogP contribution in [0.1, 0.15) is 42.5 Å². The van der Waals surface area contributed by atoms with Crippen molar-refractivity contribution in [2.75, 3.05) is 0 Å². The summed E-state index contributed by atoms with van der Waals surface area (Å²) in [5.74, 6) is 0. The van der Waals surface area contributed by atoms with Crippen LogP contribution >= 0.6 is 15.9 Å². The Morgan fingerprint density at radius 1 is 1.33 bits per heavy atom. The lowest BCUT2D eigenvalue weighted by Gasteiger charge is -2.12. The van der Waals surface area contributed by atoms with Gasteiger partial charge in [0.25, 0.3) is 0 Å². The number of benzene rings is 1. The Labute approximate surface area is 133 Å². The van der Waals surface area contributed by atoms with Crippen LogP contribution < -0.4 is 0 Å². The number of nitriles is 1. The fourth-order valence-electron chi connectivity index (χ4n) is 2.29. The van der Waals surface area contributed by atoms with Crippen LogP contribution in [0.25, 0.3) is 0 Å². The molecule has 0 spiro atoms. The topological polar surface area (TPSA) is 61.8 Å². The third-order valence-electron chi connectivity index (χ3n) is 3.51. The van der Waals surface area contributed by atoms with Crippen LogP contribution in [0.4, 0.5) is 0 Å². The van der Waals surface area contributed by atoms with E-state index in [1.54, 1.807) is 24.3 Å². The minimum Gasteiger partial charge on any atom is -0.388 e. The number of aryl methyl sites for hydroxylation is 2. The van der Waals surface area contributed by atoms with Crippen LogP contribution in [0.2, 0.25) is 0 Å². The first-order valence-electron chi connectivity index (χ1n) is 7.02. The van der Waals surface area contributed by atoms with E-state index in [9.17, 15) is 5.11 Å². The van der Waals surface area contributed by atoms with Gasteiger partial charge in [-0.25, -0.2) is 0 Å². The van der Waals surface area contributed by atoms with Gasteiger partial charge in [0.05, 0.1) is 33.6 Å². The van der Waals surface area contributed by atoms with Crippen molar-refractivity contribution in [3.8, 4) is 6.07 Å². The molecule has 1 aromatic carbocycles. The smallest absolute Gasteiger partial charge is 0.0991 e. The van der Waals surface area contributed by atoms with Crippen molar-refractivity contribution in [3.63, 3.8) is 0 Å². The highest BCUT2D eigenvalue weighted by Gasteiger charge is 2.18. The second-order valence-electron chi connectivity index (χ2n) is 4.83. The molecule has 0 radical (unpaired) electrons. The summed E-state index contributed by atoms with van der Waals surface area (Å²) in [5.41, 5.74) is 3.42.